The molecule has 2 rings (SSSR count). The second-order valence-corrected chi connectivity index (χ2v) is 6.03. The first-order valence-corrected chi connectivity index (χ1v) is 7.15. The van der Waals surface area contributed by atoms with Crippen LogP contribution in [0.15, 0.2) is 28.1 Å². The lowest BCUT2D eigenvalue weighted by molar-refractivity contribution is 0.912. The van der Waals surface area contributed by atoms with Crippen molar-refractivity contribution in [3.05, 3.63) is 43.6 Å². The van der Waals surface area contributed by atoms with Gasteiger partial charge >= 0.3 is 0 Å². The Kier molecular flexibility index (Phi) is 4.23. The molecule has 0 aliphatic rings. The van der Waals surface area contributed by atoms with Crippen LogP contribution < -0.4 is 4.90 Å². The molecule has 0 bridgehead atoms. The molecule has 0 saturated carbocycles. The van der Waals surface area contributed by atoms with Crippen molar-refractivity contribution in [1.29, 1.82) is 5.26 Å². The highest BCUT2D eigenvalue weighted by molar-refractivity contribution is 9.10. The third kappa shape index (κ3) is 3.22. The van der Waals surface area contributed by atoms with E-state index in [9.17, 15) is 0 Å². The summed E-state index contributed by atoms with van der Waals surface area (Å²) in [7, 11) is 1.92. The zero-order valence-electron chi connectivity index (χ0n) is 9.52. The molecule has 0 aliphatic carbocycles. The number of nitrogens with zero attached hydrogens (tertiary/aromatic N) is 3. The van der Waals surface area contributed by atoms with Crippen LogP contribution in [0.25, 0.3) is 0 Å². The Labute approximate surface area is 123 Å². The predicted octanol–water partition coefficient (Wildman–Crippen LogP) is 4.07. The van der Waals surface area contributed by atoms with E-state index in [2.05, 4.69) is 33.0 Å². The maximum Gasteiger partial charge on any atom is 0.132 e. The molecular weight excluding hydrogens is 334 g/mol. The Morgan fingerprint density at radius 1 is 1.50 bits per heavy atom. The number of hydrogen-bond donors (Lipinski definition) is 0. The fourth-order valence-electron chi connectivity index (χ4n) is 1.49. The molecule has 2 aromatic rings. The first-order valence-electron chi connectivity index (χ1n) is 5.10. The summed E-state index contributed by atoms with van der Waals surface area (Å²) in [5.74, 6) is 0.698. The van der Waals surface area contributed by atoms with Gasteiger partial charge in [0.1, 0.15) is 11.0 Å². The van der Waals surface area contributed by atoms with Crippen LogP contribution in [0, 0.1) is 11.3 Å². The maximum absolute atomic E-state index is 8.90. The molecular formula is C12H9BrClN3S. The van der Waals surface area contributed by atoms with E-state index in [4.69, 9.17) is 16.9 Å². The van der Waals surface area contributed by atoms with E-state index in [1.54, 1.807) is 23.5 Å². The third-order valence-electron chi connectivity index (χ3n) is 2.32. The lowest BCUT2D eigenvalue weighted by atomic mass is 10.3. The molecule has 0 amide bonds. The van der Waals surface area contributed by atoms with Gasteiger partial charge in [0.25, 0.3) is 0 Å². The lowest BCUT2D eigenvalue weighted by Crippen LogP contribution is -2.17. The summed E-state index contributed by atoms with van der Waals surface area (Å²) < 4.78 is 1.08. The zero-order chi connectivity index (χ0) is 13.1. The van der Waals surface area contributed by atoms with E-state index in [0.717, 1.165) is 11.0 Å². The Bertz CT molecular complexity index is 606. The van der Waals surface area contributed by atoms with Gasteiger partial charge in [0.05, 0.1) is 18.2 Å². The maximum atomic E-state index is 8.90. The molecule has 0 spiro atoms. The van der Waals surface area contributed by atoms with Crippen molar-refractivity contribution in [3.8, 4) is 6.07 Å². The van der Waals surface area contributed by atoms with Crippen LogP contribution in [0.1, 0.15) is 10.4 Å². The summed E-state index contributed by atoms with van der Waals surface area (Å²) in [6.45, 7) is 0.731. The summed E-state index contributed by atoms with van der Waals surface area (Å²) in [4.78, 5) is 7.39. The van der Waals surface area contributed by atoms with Crippen LogP contribution in [-0.2, 0) is 6.54 Å². The van der Waals surface area contributed by atoms with Gasteiger partial charge in [-0.2, -0.15) is 5.26 Å². The predicted molar refractivity (Wildman–Crippen MR) is 78.1 cm³/mol. The summed E-state index contributed by atoms with van der Waals surface area (Å²) in [6, 6.07) is 7.43. The fourth-order valence-corrected chi connectivity index (χ4v) is 3.20. The minimum Gasteiger partial charge on any atom is -0.354 e. The molecule has 0 saturated heterocycles. The van der Waals surface area contributed by atoms with Crippen LogP contribution in [0.4, 0.5) is 5.82 Å². The molecule has 0 unspecified atom stereocenters. The molecule has 0 aliphatic heterocycles. The average Bonchev–Trinajstić information content (AvgIpc) is 2.73. The summed E-state index contributed by atoms with van der Waals surface area (Å²) in [6.07, 6.45) is 0. The Morgan fingerprint density at radius 2 is 2.28 bits per heavy atom. The summed E-state index contributed by atoms with van der Waals surface area (Å²) in [5, 5.41) is 11.3. The summed E-state index contributed by atoms with van der Waals surface area (Å²) >= 11 is 11.0. The van der Waals surface area contributed by atoms with E-state index in [1.165, 1.54) is 4.88 Å². The number of hydrogen-bond acceptors (Lipinski definition) is 4. The minimum absolute atomic E-state index is 0.336. The van der Waals surface area contributed by atoms with E-state index in [0.29, 0.717) is 16.5 Å². The molecule has 2 aromatic heterocycles. The highest BCUT2D eigenvalue weighted by Crippen LogP contribution is 2.23. The second-order valence-electron chi connectivity index (χ2n) is 3.74. The van der Waals surface area contributed by atoms with Crippen LogP contribution in [-0.4, -0.2) is 12.0 Å². The van der Waals surface area contributed by atoms with E-state index in [1.807, 2.05) is 17.3 Å². The molecule has 0 fully saturated rings. The largest absolute Gasteiger partial charge is 0.354 e. The number of thiophene rings is 1. The first kappa shape index (κ1) is 13.3. The second kappa shape index (κ2) is 5.70. The number of rotatable bonds is 3. The molecule has 0 aromatic carbocycles. The van der Waals surface area contributed by atoms with Crippen molar-refractivity contribution in [2.24, 2.45) is 0 Å². The number of halogens is 2. The van der Waals surface area contributed by atoms with Crippen LogP contribution in [0.2, 0.25) is 5.15 Å². The Morgan fingerprint density at radius 3 is 2.89 bits per heavy atom. The van der Waals surface area contributed by atoms with Gasteiger partial charge in [-0.1, -0.05) is 11.6 Å². The topological polar surface area (TPSA) is 39.9 Å². The van der Waals surface area contributed by atoms with Gasteiger partial charge in [-0.25, -0.2) is 4.98 Å². The van der Waals surface area contributed by atoms with Gasteiger partial charge in [-0.15, -0.1) is 11.3 Å². The molecule has 0 radical (unpaired) electrons. The van der Waals surface area contributed by atoms with Crippen molar-refractivity contribution >= 4 is 44.7 Å². The van der Waals surface area contributed by atoms with Gasteiger partial charge in [0, 0.05) is 21.8 Å². The number of aromatic nitrogens is 1. The fraction of sp³-hybridized carbons (Fsp3) is 0.167. The molecule has 18 heavy (non-hydrogen) atoms. The lowest BCUT2D eigenvalue weighted by Gasteiger charge is -2.17. The van der Waals surface area contributed by atoms with Crippen molar-refractivity contribution in [2.45, 2.75) is 6.54 Å². The Balaban J connectivity index is 2.21. The smallest absolute Gasteiger partial charge is 0.132 e. The van der Waals surface area contributed by atoms with Crippen molar-refractivity contribution in [3.63, 3.8) is 0 Å². The standard InChI is InChI=1S/C12H9BrClN3S/c1-17(6-10-4-9(13)7-18-10)12-3-8(5-15)2-11(14)16-12/h2-4,7H,6H2,1H3. The first-order chi connectivity index (χ1) is 8.58. The van der Waals surface area contributed by atoms with E-state index < -0.39 is 0 Å². The highest BCUT2D eigenvalue weighted by Gasteiger charge is 2.08. The van der Waals surface area contributed by atoms with Crippen molar-refractivity contribution in [1.82, 2.24) is 4.98 Å². The molecule has 0 atom stereocenters. The zero-order valence-corrected chi connectivity index (χ0v) is 12.7. The van der Waals surface area contributed by atoms with E-state index >= 15 is 0 Å². The molecule has 6 heteroatoms. The quantitative estimate of drug-likeness (QED) is 0.790. The number of nitriles is 1. The highest BCUT2D eigenvalue weighted by atomic mass is 79.9. The van der Waals surface area contributed by atoms with Crippen LogP contribution in [0.3, 0.4) is 0 Å². The SMILES string of the molecule is CN(Cc1cc(Br)cs1)c1cc(C#N)cc(Cl)n1. The van der Waals surface area contributed by atoms with E-state index in [-0.39, 0.29) is 0 Å². The van der Waals surface area contributed by atoms with Crippen molar-refractivity contribution < 1.29 is 0 Å². The normalized spacial score (nSPS) is 10.1. The average molecular weight is 343 g/mol. The van der Waals surface area contributed by atoms with Gasteiger partial charge in [0.2, 0.25) is 0 Å². The van der Waals surface area contributed by atoms with Crippen molar-refractivity contribution in [2.75, 3.05) is 11.9 Å². The van der Waals surface area contributed by atoms with Gasteiger partial charge in [0.15, 0.2) is 0 Å². The monoisotopic (exact) mass is 341 g/mol. The minimum atomic E-state index is 0.336. The van der Waals surface area contributed by atoms with Gasteiger partial charge in [-0.3, -0.25) is 0 Å². The third-order valence-corrected chi connectivity index (χ3v) is 4.19. The molecule has 2 heterocycles. The number of pyridine rings is 1. The number of anilines is 1. The Hall–Kier alpha value is -1.09. The van der Waals surface area contributed by atoms with Gasteiger partial charge in [-0.05, 0) is 34.1 Å². The molecule has 0 N–H and O–H groups in total. The summed E-state index contributed by atoms with van der Waals surface area (Å²) in [5.41, 5.74) is 0.518. The molecule has 92 valence electrons. The molecule has 3 nitrogen and oxygen atoms in total. The van der Waals surface area contributed by atoms with Gasteiger partial charge < -0.3 is 4.90 Å². The van der Waals surface area contributed by atoms with Crippen LogP contribution >= 0.6 is 38.9 Å². The van der Waals surface area contributed by atoms with Crippen LogP contribution in [0.5, 0.6) is 0 Å².